The van der Waals surface area contributed by atoms with Crippen molar-refractivity contribution in [3.8, 4) is 6.19 Å². The number of aromatic nitrogens is 2. The highest BCUT2D eigenvalue weighted by Crippen LogP contribution is 2.35. The molecule has 0 saturated carbocycles. The summed E-state index contributed by atoms with van der Waals surface area (Å²) in [5.74, 6) is -2.31. The topological polar surface area (TPSA) is 176 Å². The molecule has 1 aromatic carbocycles. The number of aliphatic carboxylic acids is 1. The van der Waals surface area contributed by atoms with Crippen molar-refractivity contribution in [2.24, 2.45) is 4.99 Å². The Balaban J connectivity index is 1.31. The minimum Gasteiger partial charge on any atom is -0.480 e. The molecule has 0 unspecified atom stereocenters. The first kappa shape index (κ1) is 29.1. The summed E-state index contributed by atoms with van der Waals surface area (Å²) in [4.78, 5) is 45.8. The van der Waals surface area contributed by atoms with Crippen LogP contribution in [-0.4, -0.2) is 91.7 Å². The van der Waals surface area contributed by atoms with Crippen LogP contribution in [0.3, 0.4) is 0 Å². The molecule has 2 amide bonds. The fourth-order valence-corrected chi connectivity index (χ4v) is 5.80. The molecule has 5 rings (SSSR count). The highest BCUT2D eigenvalue weighted by molar-refractivity contribution is 6.40. The zero-order chi connectivity index (χ0) is 30.0. The van der Waals surface area contributed by atoms with E-state index in [1.54, 1.807) is 38.8 Å². The molecule has 15 heteroatoms. The van der Waals surface area contributed by atoms with Gasteiger partial charge in [-0.15, -0.1) is 0 Å². The molecule has 0 radical (unpaired) electrons. The zero-order valence-corrected chi connectivity index (χ0v) is 23.6. The van der Waals surface area contributed by atoms with Gasteiger partial charge in [0.25, 0.3) is 11.8 Å². The van der Waals surface area contributed by atoms with Gasteiger partial charge in [-0.05, 0) is 48.2 Å². The summed E-state index contributed by atoms with van der Waals surface area (Å²) in [7, 11) is 0. The number of aliphatic hydroxyl groups is 1. The van der Waals surface area contributed by atoms with E-state index in [1.165, 1.54) is 0 Å². The summed E-state index contributed by atoms with van der Waals surface area (Å²) in [5, 5.41) is 37.8. The number of fused-ring (bicyclic) bond motifs is 2. The number of carbonyl (C=O) groups excluding carboxylic acids is 2. The number of hydrogen-bond acceptors (Lipinski definition) is 7. The Bertz CT molecular complexity index is 1600. The van der Waals surface area contributed by atoms with E-state index in [1.807, 2.05) is 18.2 Å². The highest BCUT2D eigenvalue weighted by Gasteiger charge is 2.31. The van der Waals surface area contributed by atoms with E-state index >= 15 is 0 Å². The number of carboxylic acids is 1. The summed E-state index contributed by atoms with van der Waals surface area (Å²) in [5.41, 5.74) is 2.32. The smallest absolute Gasteiger partial charge is 0.328 e. The number of nitrogens with one attached hydrogen (secondary N) is 2. The lowest BCUT2D eigenvalue weighted by Gasteiger charge is -2.30. The predicted molar refractivity (Wildman–Crippen MR) is 152 cm³/mol. The third-order valence-electron chi connectivity index (χ3n) is 7.17. The Labute approximate surface area is 249 Å². The summed E-state index contributed by atoms with van der Waals surface area (Å²) < 4.78 is 1.62. The van der Waals surface area contributed by atoms with Gasteiger partial charge in [0.05, 0.1) is 33.8 Å². The number of nitrogens with zero attached hydrogens (tertiary/aromatic N) is 6. The molecule has 13 nitrogen and oxygen atoms in total. The van der Waals surface area contributed by atoms with Crippen molar-refractivity contribution in [1.82, 2.24) is 30.0 Å². The number of amides is 2. The number of β-amino-alcohol motifs (C(OH)–C–C–N with tert-alkyl or cyclic N) is 1. The van der Waals surface area contributed by atoms with Crippen LogP contribution >= 0.6 is 23.2 Å². The third-order valence-corrected chi connectivity index (χ3v) is 7.88. The Morgan fingerprint density at radius 1 is 1.21 bits per heavy atom. The number of guanidine groups is 1. The second-order valence-electron chi connectivity index (χ2n) is 9.92. The molecule has 0 spiro atoms. The van der Waals surface area contributed by atoms with Crippen LogP contribution in [0.1, 0.15) is 38.4 Å². The van der Waals surface area contributed by atoms with Gasteiger partial charge in [-0.3, -0.25) is 14.9 Å². The molecule has 2 atom stereocenters. The van der Waals surface area contributed by atoms with Crippen molar-refractivity contribution in [2.45, 2.75) is 31.5 Å². The number of likely N-dealkylation sites (tertiary alicyclic amines) is 1. The lowest BCUT2D eigenvalue weighted by Crippen LogP contribution is -2.45. The molecule has 2 aromatic heterocycles. The molecule has 4 N–H and O–H groups in total. The van der Waals surface area contributed by atoms with Crippen LogP contribution < -0.4 is 10.6 Å². The van der Waals surface area contributed by atoms with E-state index in [0.29, 0.717) is 42.8 Å². The number of rotatable bonds is 6. The van der Waals surface area contributed by atoms with Crippen molar-refractivity contribution >= 4 is 52.5 Å². The lowest BCUT2D eigenvalue weighted by atomic mass is 9.96. The fraction of sp³-hybridized carbons (Fsp3) is 0.333. The van der Waals surface area contributed by atoms with Crippen LogP contribution in [0.15, 0.2) is 41.5 Å². The van der Waals surface area contributed by atoms with E-state index in [2.05, 4.69) is 20.7 Å². The lowest BCUT2D eigenvalue weighted by molar-refractivity contribution is -0.138. The van der Waals surface area contributed by atoms with E-state index < -0.39 is 30.6 Å². The standard InChI is InChI=1S/C27H26Cl2N8O5/c28-19-9-15-12-35(25(40)20-10-16-3-1-2-6-37(16)34-20)8-5-18(15)23(29)22(19)24(39)33-21(26(41)42)11-31-27(32-14-30)36-7-4-17(38)13-36/h1-3,6,9-10,17,21,38H,4-5,7-8,11-13H2,(H,31,32)(H,33,39)(H,41,42)/t17-,21-/m0/s1. The molecule has 4 heterocycles. The largest absolute Gasteiger partial charge is 0.480 e. The Hall–Kier alpha value is -4.38. The fourth-order valence-electron chi connectivity index (χ4n) is 5.03. The van der Waals surface area contributed by atoms with E-state index in [0.717, 1.165) is 5.52 Å². The number of hydrogen-bond donors (Lipinski definition) is 4. The van der Waals surface area contributed by atoms with Crippen LogP contribution in [0.2, 0.25) is 10.0 Å². The number of nitriles is 1. The average molecular weight is 613 g/mol. The molecule has 0 aliphatic carbocycles. The summed E-state index contributed by atoms with van der Waals surface area (Å²) in [6.45, 7) is 0.809. The predicted octanol–water partition coefficient (Wildman–Crippen LogP) is 1.52. The van der Waals surface area contributed by atoms with Gasteiger partial charge >= 0.3 is 5.97 Å². The minimum atomic E-state index is -1.46. The van der Waals surface area contributed by atoms with Gasteiger partial charge in [0, 0.05) is 32.4 Å². The quantitative estimate of drug-likeness (QED) is 0.139. The first-order valence-electron chi connectivity index (χ1n) is 13.1. The second kappa shape index (κ2) is 12.2. The Morgan fingerprint density at radius 3 is 2.71 bits per heavy atom. The first-order chi connectivity index (χ1) is 20.2. The van der Waals surface area contributed by atoms with E-state index in [-0.39, 0.29) is 40.6 Å². The summed E-state index contributed by atoms with van der Waals surface area (Å²) in [6.07, 6.45) is 3.74. The number of halogens is 2. The number of benzene rings is 1. The summed E-state index contributed by atoms with van der Waals surface area (Å²) in [6, 6.07) is 7.34. The summed E-state index contributed by atoms with van der Waals surface area (Å²) >= 11 is 13.1. The number of aliphatic hydroxyl groups excluding tert-OH is 1. The molecule has 0 bridgehead atoms. The third kappa shape index (κ3) is 5.96. The van der Waals surface area contributed by atoms with E-state index in [9.17, 15) is 24.6 Å². The van der Waals surface area contributed by atoms with Crippen molar-refractivity contribution in [3.05, 3.63) is 69.0 Å². The monoisotopic (exact) mass is 612 g/mol. The molecule has 2 aliphatic heterocycles. The maximum absolute atomic E-state index is 13.2. The van der Waals surface area contributed by atoms with E-state index in [4.69, 9.17) is 28.5 Å². The van der Waals surface area contributed by atoms with Crippen LogP contribution in [0.4, 0.5) is 0 Å². The number of pyridine rings is 1. The second-order valence-corrected chi connectivity index (χ2v) is 10.7. The van der Waals surface area contributed by atoms with Crippen LogP contribution in [0, 0.1) is 11.5 Å². The number of aliphatic imine (C=N–C) groups is 1. The number of carbonyl (C=O) groups is 3. The van der Waals surface area contributed by atoms with Crippen LogP contribution in [0.25, 0.3) is 5.52 Å². The van der Waals surface area contributed by atoms with Gasteiger partial charge in [-0.2, -0.15) is 10.4 Å². The van der Waals surface area contributed by atoms with Crippen molar-refractivity contribution in [3.63, 3.8) is 0 Å². The SMILES string of the molecule is N#CNC(=NC[C@H](NC(=O)c1c(Cl)cc2c(c1Cl)CCN(C(=O)c1cc3ccccn3n1)C2)C(=O)O)N1CC[C@H](O)C1. The van der Waals surface area contributed by atoms with Gasteiger partial charge in [-0.25, -0.2) is 14.3 Å². The molecule has 1 saturated heterocycles. The average Bonchev–Trinajstić information content (AvgIpc) is 3.60. The molecule has 1 fully saturated rings. The van der Waals surface area contributed by atoms with Crippen molar-refractivity contribution in [1.29, 1.82) is 5.26 Å². The van der Waals surface area contributed by atoms with Crippen LogP contribution in [-0.2, 0) is 17.8 Å². The van der Waals surface area contributed by atoms with Gasteiger partial charge in [0.15, 0.2) is 11.9 Å². The van der Waals surface area contributed by atoms with Crippen molar-refractivity contribution in [2.75, 3.05) is 26.2 Å². The Kier molecular flexibility index (Phi) is 8.49. The molecule has 2 aliphatic rings. The molecule has 3 aromatic rings. The van der Waals surface area contributed by atoms with Gasteiger partial charge < -0.3 is 25.3 Å². The molecular weight excluding hydrogens is 587 g/mol. The van der Waals surface area contributed by atoms with Gasteiger partial charge in [0.2, 0.25) is 5.96 Å². The molecular formula is C27H26Cl2N8O5. The van der Waals surface area contributed by atoms with Crippen molar-refractivity contribution < 1.29 is 24.6 Å². The Morgan fingerprint density at radius 2 is 2.02 bits per heavy atom. The maximum Gasteiger partial charge on any atom is 0.328 e. The normalized spacial score (nSPS) is 17.5. The molecule has 218 valence electrons. The zero-order valence-electron chi connectivity index (χ0n) is 22.1. The maximum atomic E-state index is 13.2. The molecule has 42 heavy (non-hydrogen) atoms. The van der Waals surface area contributed by atoms with Gasteiger partial charge in [0.1, 0.15) is 6.04 Å². The minimum absolute atomic E-state index is 0.00353. The first-order valence-corrected chi connectivity index (χ1v) is 13.8. The van der Waals surface area contributed by atoms with Crippen LogP contribution in [0.5, 0.6) is 0 Å². The highest BCUT2D eigenvalue weighted by atomic mass is 35.5. The number of carboxylic acid groups (broad SMARTS) is 1. The van der Waals surface area contributed by atoms with Gasteiger partial charge in [-0.1, -0.05) is 29.3 Å².